The largest absolute Gasteiger partial charge is 0.508 e. The molecule has 6 atom stereocenters. The summed E-state index contributed by atoms with van der Waals surface area (Å²) >= 11 is 14.3. The van der Waals surface area contributed by atoms with E-state index in [1.54, 1.807) is 49.4 Å². The zero-order chi connectivity index (χ0) is 30.1. The fourth-order valence-corrected chi connectivity index (χ4v) is 8.33. The number of fused-ring (bicyclic) bond motifs is 4. The van der Waals surface area contributed by atoms with Gasteiger partial charge in [0.15, 0.2) is 21.2 Å². The molecular weight excluding hydrogens is 583 g/mol. The molecule has 2 N–H and O–H groups in total. The zero-order valence-corrected chi connectivity index (χ0v) is 24.6. The Morgan fingerprint density at radius 3 is 2.38 bits per heavy atom. The molecule has 4 amide bonds. The Balaban J connectivity index is 1.42. The van der Waals surface area contributed by atoms with Gasteiger partial charge in [-0.2, -0.15) is 0 Å². The van der Waals surface area contributed by atoms with Crippen LogP contribution in [0.3, 0.4) is 0 Å². The quantitative estimate of drug-likeness (QED) is 0.289. The van der Waals surface area contributed by atoms with Gasteiger partial charge in [0.05, 0.1) is 18.4 Å². The molecule has 2 aliphatic carbocycles. The summed E-state index contributed by atoms with van der Waals surface area (Å²) in [6.07, 6.45) is 2.35. The number of amides is 4. The van der Waals surface area contributed by atoms with Crippen molar-refractivity contribution in [2.45, 2.75) is 41.9 Å². The number of aromatic hydroxyl groups is 2. The van der Waals surface area contributed by atoms with Gasteiger partial charge in [-0.05, 0) is 55.9 Å². The van der Waals surface area contributed by atoms with Gasteiger partial charge in [-0.3, -0.25) is 29.0 Å². The molecule has 11 heteroatoms. The molecule has 42 heavy (non-hydrogen) atoms. The first-order chi connectivity index (χ1) is 20.0. The number of rotatable bonds is 6. The molecule has 4 aliphatic rings. The minimum Gasteiger partial charge on any atom is -0.508 e. The summed E-state index contributed by atoms with van der Waals surface area (Å²) in [6.45, 7) is 2.20. The van der Waals surface area contributed by atoms with Crippen LogP contribution >= 0.6 is 23.2 Å². The van der Waals surface area contributed by atoms with Crippen molar-refractivity contribution < 1.29 is 34.1 Å². The van der Waals surface area contributed by atoms with Crippen molar-refractivity contribution in [3.63, 3.8) is 0 Å². The smallest absolute Gasteiger partial charge is 0.253 e. The van der Waals surface area contributed by atoms with Crippen LogP contribution in [0, 0.1) is 17.8 Å². The molecule has 6 unspecified atom stereocenters. The first-order valence-corrected chi connectivity index (χ1v) is 14.7. The molecule has 2 aliphatic heterocycles. The number of para-hydroxylation sites is 1. The van der Waals surface area contributed by atoms with Crippen LogP contribution in [0.15, 0.2) is 54.1 Å². The van der Waals surface area contributed by atoms with Crippen molar-refractivity contribution in [3.05, 3.63) is 65.2 Å². The highest BCUT2D eigenvalue weighted by Gasteiger charge is 2.76. The van der Waals surface area contributed by atoms with Gasteiger partial charge in [0.1, 0.15) is 5.75 Å². The van der Waals surface area contributed by atoms with Crippen molar-refractivity contribution in [2.24, 2.45) is 17.8 Å². The second-order valence-corrected chi connectivity index (χ2v) is 12.6. The number of hydrogen-bond donors (Lipinski definition) is 2. The number of nitrogens with zero attached hydrogens (tertiary/aromatic N) is 2. The van der Waals surface area contributed by atoms with E-state index in [0.29, 0.717) is 12.0 Å². The van der Waals surface area contributed by atoms with Gasteiger partial charge in [-0.25, -0.2) is 0 Å². The van der Waals surface area contributed by atoms with Gasteiger partial charge < -0.3 is 14.9 Å². The molecular formula is C31H30Cl2N2O7. The van der Waals surface area contributed by atoms with Gasteiger partial charge in [-0.1, -0.05) is 35.9 Å². The highest BCUT2D eigenvalue weighted by Crippen LogP contribution is 2.66. The number of phenols is 2. The molecule has 2 heterocycles. The van der Waals surface area contributed by atoms with Gasteiger partial charge >= 0.3 is 0 Å². The Bertz CT molecular complexity index is 1540. The maximum Gasteiger partial charge on any atom is 0.253 e. The highest BCUT2D eigenvalue weighted by molar-refractivity contribution is 6.53. The molecule has 3 fully saturated rings. The SMILES string of the molecule is CCOc1cccc(C2C3=CCC4C(=O)N(CCc5ccc(O)cc5)C(=O)C4C3CC3(Cl)C(=O)N(C)C(=O)C23Cl)c1O. The number of carbonyl (C=O) groups is 4. The number of halogens is 2. The molecule has 1 saturated carbocycles. The van der Waals surface area contributed by atoms with Gasteiger partial charge in [0.25, 0.3) is 11.8 Å². The maximum absolute atomic E-state index is 13.9. The standard InChI is InChI=1S/C31H30Cl2N2O7/c1-3-42-22-6-4-5-20(25(22)37)24-18-11-12-19-23(21(18)15-30(32)28(40)34(2)29(41)31(24,30)33)27(39)35(26(19)38)14-13-16-7-9-17(36)10-8-16/h4-11,19,21,23-24,36-37H,3,12-15H2,1-2H3. The predicted molar refractivity (Wildman–Crippen MR) is 153 cm³/mol. The van der Waals surface area contributed by atoms with Crippen molar-refractivity contribution in [1.29, 1.82) is 0 Å². The van der Waals surface area contributed by atoms with E-state index >= 15 is 0 Å². The fraction of sp³-hybridized carbons (Fsp3) is 0.419. The Morgan fingerprint density at radius 2 is 1.69 bits per heavy atom. The number of carbonyl (C=O) groups excluding carboxylic acids is 4. The van der Waals surface area contributed by atoms with Crippen LogP contribution in [0.25, 0.3) is 0 Å². The van der Waals surface area contributed by atoms with Gasteiger partial charge in [0, 0.05) is 25.1 Å². The van der Waals surface area contributed by atoms with Crippen molar-refractivity contribution in [2.75, 3.05) is 20.2 Å². The van der Waals surface area contributed by atoms with E-state index < -0.39 is 45.2 Å². The van der Waals surface area contributed by atoms with E-state index in [4.69, 9.17) is 27.9 Å². The van der Waals surface area contributed by atoms with Crippen molar-refractivity contribution in [3.8, 4) is 17.2 Å². The predicted octanol–water partition coefficient (Wildman–Crippen LogP) is 3.73. The molecule has 0 bridgehead atoms. The number of allylic oxidation sites excluding steroid dienone is 2. The number of ether oxygens (including phenoxy) is 1. The summed E-state index contributed by atoms with van der Waals surface area (Å²) in [7, 11) is 1.32. The van der Waals surface area contributed by atoms with E-state index in [1.807, 2.05) is 6.08 Å². The fourth-order valence-electron chi connectivity index (χ4n) is 7.32. The van der Waals surface area contributed by atoms with E-state index in [0.717, 1.165) is 10.5 Å². The van der Waals surface area contributed by atoms with Crippen LogP contribution in [-0.4, -0.2) is 73.6 Å². The molecule has 9 nitrogen and oxygen atoms in total. The average molecular weight is 613 g/mol. The summed E-state index contributed by atoms with van der Waals surface area (Å²) in [6, 6.07) is 11.4. The van der Waals surface area contributed by atoms with Crippen LogP contribution in [0.2, 0.25) is 0 Å². The molecule has 220 valence electrons. The number of hydrogen-bond acceptors (Lipinski definition) is 7. The Hall–Kier alpha value is -3.56. The van der Waals surface area contributed by atoms with Crippen molar-refractivity contribution in [1.82, 2.24) is 9.80 Å². The lowest BCUT2D eigenvalue weighted by Gasteiger charge is -2.50. The second-order valence-electron chi connectivity index (χ2n) is 11.4. The lowest BCUT2D eigenvalue weighted by atomic mass is 9.56. The summed E-state index contributed by atoms with van der Waals surface area (Å²) in [5, 5.41) is 20.9. The molecule has 2 aromatic rings. The number of alkyl halides is 2. The maximum atomic E-state index is 13.9. The first-order valence-electron chi connectivity index (χ1n) is 13.9. The van der Waals surface area contributed by atoms with E-state index in [1.165, 1.54) is 11.9 Å². The third kappa shape index (κ3) is 3.82. The third-order valence-corrected chi connectivity index (χ3v) is 10.7. The molecule has 2 aromatic carbocycles. The Labute approximate surface area is 252 Å². The summed E-state index contributed by atoms with van der Waals surface area (Å²) in [4.78, 5) is 53.0. The van der Waals surface area contributed by atoms with E-state index in [-0.39, 0.29) is 60.6 Å². The van der Waals surface area contributed by atoms with E-state index in [9.17, 15) is 29.4 Å². The van der Waals surface area contributed by atoms with Crippen LogP contribution in [-0.2, 0) is 25.6 Å². The third-order valence-electron chi connectivity index (χ3n) is 9.31. The average Bonchev–Trinajstić information content (AvgIpc) is 3.29. The highest BCUT2D eigenvalue weighted by atomic mass is 35.5. The molecule has 2 saturated heterocycles. The lowest BCUT2D eigenvalue weighted by Crippen LogP contribution is -2.60. The second kappa shape index (κ2) is 10.0. The van der Waals surface area contributed by atoms with Crippen LogP contribution in [0.1, 0.15) is 36.8 Å². The molecule has 0 radical (unpaired) electrons. The number of imide groups is 2. The monoisotopic (exact) mass is 612 g/mol. The molecule has 0 spiro atoms. The topological polar surface area (TPSA) is 124 Å². The Morgan fingerprint density at radius 1 is 0.976 bits per heavy atom. The minimum absolute atomic E-state index is 0.118. The summed E-state index contributed by atoms with van der Waals surface area (Å²) in [5.74, 6) is -5.15. The minimum atomic E-state index is -1.98. The normalized spacial score (nSPS) is 32.0. The lowest BCUT2D eigenvalue weighted by molar-refractivity contribution is -0.141. The van der Waals surface area contributed by atoms with E-state index in [2.05, 4.69) is 0 Å². The number of phenolic OH excluding ortho intramolecular Hbond substituents is 2. The first kappa shape index (κ1) is 28.6. The summed E-state index contributed by atoms with van der Waals surface area (Å²) < 4.78 is 5.60. The number of likely N-dealkylation sites (tertiary alicyclic amines) is 2. The van der Waals surface area contributed by atoms with Crippen LogP contribution in [0.5, 0.6) is 17.2 Å². The van der Waals surface area contributed by atoms with Gasteiger partial charge in [-0.15, -0.1) is 23.2 Å². The Kier molecular flexibility index (Phi) is 6.81. The van der Waals surface area contributed by atoms with Crippen LogP contribution in [0.4, 0.5) is 0 Å². The molecule has 6 rings (SSSR count). The molecule has 0 aromatic heterocycles. The number of benzene rings is 2. The van der Waals surface area contributed by atoms with Crippen LogP contribution < -0.4 is 4.74 Å². The summed E-state index contributed by atoms with van der Waals surface area (Å²) in [5.41, 5.74) is 1.71. The van der Waals surface area contributed by atoms with Crippen molar-refractivity contribution >= 4 is 46.8 Å². The zero-order valence-electron chi connectivity index (χ0n) is 23.0. The van der Waals surface area contributed by atoms with Gasteiger partial charge in [0.2, 0.25) is 11.8 Å².